The van der Waals surface area contributed by atoms with E-state index in [4.69, 9.17) is 5.73 Å². The maximum Gasteiger partial charge on any atom is 0.252 e. The van der Waals surface area contributed by atoms with Crippen LogP contribution in [0.5, 0.6) is 0 Å². The Morgan fingerprint density at radius 1 is 1.43 bits per heavy atom. The summed E-state index contributed by atoms with van der Waals surface area (Å²) in [5.41, 5.74) is 6.50. The van der Waals surface area contributed by atoms with Gasteiger partial charge in [0.25, 0.3) is 5.91 Å². The smallest absolute Gasteiger partial charge is 0.252 e. The minimum Gasteiger partial charge on any atom is -0.352 e. The predicted octanol–water partition coefficient (Wildman–Crippen LogP) is 0.477. The highest BCUT2D eigenvalue weighted by Crippen LogP contribution is 2.02. The van der Waals surface area contributed by atoms with Gasteiger partial charge in [-0.2, -0.15) is 0 Å². The molecule has 4 N–H and O–H groups in total. The molecule has 2 rings (SSSR count). The third-order valence-electron chi connectivity index (χ3n) is 2.77. The van der Waals surface area contributed by atoms with Crippen molar-refractivity contribution in [3.63, 3.8) is 0 Å². The summed E-state index contributed by atoms with van der Waals surface area (Å²) in [6.07, 6.45) is 8.25. The Balaban J connectivity index is 1.82. The molecule has 0 spiro atoms. The number of rotatable bonds is 5. The van der Waals surface area contributed by atoms with Crippen LogP contribution in [0.15, 0.2) is 30.9 Å². The van der Waals surface area contributed by atoms with E-state index in [1.807, 2.05) is 0 Å². The molecule has 0 saturated carbocycles. The van der Waals surface area contributed by atoms with Gasteiger partial charge < -0.3 is 16.0 Å². The molecule has 108 valence electrons. The van der Waals surface area contributed by atoms with E-state index in [1.54, 1.807) is 24.7 Å². The lowest BCUT2D eigenvalue weighted by Gasteiger charge is -2.04. The van der Waals surface area contributed by atoms with E-state index >= 15 is 0 Å². The van der Waals surface area contributed by atoms with Crippen LogP contribution >= 0.6 is 0 Å². The number of amides is 1. The van der Waals surface area contributed by atoms with Crippen molar-refractivity contribution in [3.8, 4) is 11.8 Å². The van der Waals surface area contributed by atoms with Crippen molar-refractivity contribution in [1.82, 2.24) is 20.3 Å². The molecule has 2 aromatic rings. The summed E-state index contributed by atoms with van der Waals surface area (Å²) in [5.74, 6) is 6.36. The van der Waals surface area contributed by atoms with Crippen LogP contribution in [0.4, 0.5) is 0 Å². The van der Waals surface area contributed by atoms with E-state index in [2.05, 4.69) is 32.1 Å². The van der Waals surface area contributed by atoms with Crippen LogP contribution < -0.4 is 11.1 Å². The standard InChI is InChI=1S/C15H17N5O/c16-5-1-3-12-9-13(11-17-10-12)15(21)20-6-2-4-14-18-7-8-19-14/h7-11H,2,4-6,16H2,(H,18,19)(H,20,21). The Hall–Kier alpha value is -2.65. The number of carbonyl (C=O) groups is 1. The molecule has 0 radical (unpaired) electrons. The molecule has 0 atom stereocenters. The van der Waals surface area contributed by atoms with Crippen LogP contribution in [0.1, 0.15) is 28.2 Å². The number of aromatic nitrogens is 3. The van der Waals surface area contributed by atoms with E-state index < -0.39 is 0 Å². The number of aryl methyl sites for hydroxylation is 1. The lowest BCUT2D eigenvalue weighted by molar-refractivity contribution is 0.0952. The molecule has 6 nitrogen and oxygen atoms in total. The summed E-state index contributed by atoms with van der Waals surface area (Å²) in [5, 5.41) is 2.85. The van der Waals surface area contributed by atoms with Gasteiger partial charge in [0.2, 0.25) is 0 Å². The van der Waals surface area contributed by atoms with Crippen LogP contribution in [0.25, 0.3) is 0 Å². The van der Waals surface area contributed by atoms with Crippen LogP contribution in [0.3, 0.4) is 0 Å². The van der Waals surface area contributed by atoms with E-state index in [1.165, 1.54) is 6.20 Å². The third-order valence-corrected chi connectivity index (χ3v) is 2.77. The molecule has 0 aliphatic carbocycles. The van der Waals surface area contributed by atoms with Crippen molar-refractivity contribution < 1.29 is 4.79 Å². The molecule has 1 amide bonds. The van der Waals surface area contributed by atoms with Crippen LogP contribution in [-0.2, 0) is 6.42 Å². The first-order valence-electron chi connectivity index (χ1n) is 6.70. The molecule has 0 fully saturated rings. The fraction of sp³-hybridized carbons (Fsp3) is 0.267. The first kappa shape index (κ1) is 14.8. The fourth-order valence-corrected chi connectivity index (χ4v) is 1.78. The molecule has 0 saturated heterocycles. The van der Waals surface area contributed by atoms with E-state index in [0.717, 1.165) is 18.7 Å². The SMILES string of the molecule is NCC#Cc1cncc(C(=O)NCCCc2ncc[nH]2)c1. The quantitative estimate of drug-likeness (QED) is 0.549. The van der Waals surface area contributed by atoms with E-state index in [-0.39, 0.29) is 12.5 Å². The summed E-state index contributed by atoms with van der Waals surface area (Å²) < 4.78 is 0. The Bertz CT molecular complexity index is 640. The number of H-pyrrole nitrogens is 1. The van der Waals surface area contributed by atoms with Gasteiger partial charge in [-0.05, 0) is 12.5 Å². The zero-order chi connectivity index (χ0) is 14.9. The molecule has 0 bridgehead atoms. The topological polar surface area (TPSA) is 96.7 Å². The Morgan fingerprint density at radius 3 is 3.10 bits per heavy atom. The van der Waals surface area contributed by atoms with Crippen molar-refractivity contribution in [3.05, 3.63) is 47.8 Å². The maximum absolute atomic E-state index is 12.0. The molecule has 0 aliphatic rings. The summed E-state index contributed by atoms with van der Waals surface area (Å²) >= 11 is 0. The number of nitrogens with two attached hydrogens (primary N) is 1. The van der Waals surface area contributed by atoms with Gasteiger partial charge in [-0.3, -0.25) is 9.78 Å². The van der Waals surface area contributed by atoms with Crippen molar-refractivity contribution in [2.75, 3.05) is 13.1 Å². The molecular weight excluding hydrogens is 266 g/mol. The average molecular weight is 283 g/mol. The minimum absolute atomic E-state index is 0.154. The van der Waals surface area contributed by atoms with Crippen molar-refractivity contribution >= 4 is 5.91 Å². The lowest BCUT2D eigenvalue weighted by Crippen LogP contribution is -2.25. The number of aromatic amines is 1. The fourth-order valence-electron chi connectivity index (χ4n) is 1.78. The van der Waals surface area contributed by atoms with Gasteiger partial charge in [0, 0.05) is 43.3 Å². The normalized spacial score (nSPS) is 9.76. The molecule has 0 aromatic carbocycles. The Labute approximate surface area is 123 Å². The minimum atomic E-state index is -0.154. The molecule has 0 aliphatic heterocycles. The first-order chi connectivity index (χ1) is 10.3. The van der Waals surface area contributed by atoms with E-state index in [9.17, 15) is 4.79 Å². The Morgan fingerprint density at radius 2 is 2.33 bits per heavy atom. The monoisotopic (exact) mass is 283 g/mol. The highest BCUT2D eigenvalue weighted by molar-refractivity contribution is 5.94. The number of hydrogen-bond donors (Lipinski definition) is 3. The third kappa shape index (κ3) is 4.75. The van der Waals surface area contributed by atoms with Gasteiger partial charge in [0.15, 0.2) is 0 Å². The van der Waals surface area contributed by atoms with Gasteiger partial charge in [-0.25, -0.2) is 4.98 Å². The second-order valence-electron chi connectivity index (χ2n) is 4.36. The van der Waals surface area contributed by atoms with Gasteiger partial charge >= 0.3 is 0 Å². The molecule has 2 aromatic heterocycles. The van der Waals surface area contributed by atoms with Gasteiger partial charge in [0.05, 0.1) is 12.1 Å². The molecule has 0 unspecified atom stereocenters. The lowest BCUT2D eigenvalue weighted by atomic mass is 10.2. The van der Waals surface area contributed by atoms with Crippen molar-refractivity contribution in [1.29, 1.82) is 0 Å². The highest BCUT2D eigenvalue weighted by atomic mass is 16.1. The second kappa shape index (κ2) is 7.82. The van der Waals surface area contributed by atoms with Gasteiger partial charge in [0.1, 0.15) is 5.82 Å². The number of imidazole rings is 1. The van der Waals surface area contributed by atoms with Crippen molar-refractivity contribution in [2.45, 2.75) is 12.8 Å². The average Bonchev–Trinajstić information content (AvgIpc) is 3.03. The molecular formula is C15H17N5O. The number of carbonyl (C=O) groups excluding carboxylic acids is 1. The zero-order valence-corrected chi connectivity index (χ0v) is 11.6. The van der Waals surface area contributed by atoms with Crippen molar-refractivity contribution in [2.24, 2.45) is 5.73 Å². The Kier molecular flexibility index (Phi) is 5.50. The van der Waals surface area contributed by atoms with Gasteiger partial charge in [-0.1, -0.05) is 11.8 Å². The summed E-state index contributed by atoms with van der Waals surface area (Å²) in [4.78, 5) is 23.1. The summed E-state index contributed by atoms with van der Waals surface area (Å²) in [7, 11) is 0. The maximum atomic E-state index is 12.0. The summed E-state index contributed by atoms with van der Waals surface area (Å²) in [6.45, 7) is 0.863. The van der Waals surface area contributed by atoms with Crippen LogP contribution in [-0.4, -0.2) is 33.9 Å². The summed E-state index contributed by atoms with van der Waals surface area (Å²) in [6, 6.07) is 1.71. The van der Waals surface area contributed by atoms with Gasteiger partial charge in [-0.15, -0.1) is 0 Å². The number of pyridine rings is 1. The molecule has 2 heterocycles. The number of nitrogens with zero attached hydrogens (tertiary/aromatic N) is 2. The van der Waals surface area contributed by atoms with E-state index in [0.29, 0.717) is 17.7 Å². The number of hydrogen-bond acceptors (Lipinski definition) is 4. The largest absolute Gasteiger partial charge is 0.352 e. The predicted molar refractivity (Wildman–Crippen MR) is 79.4 cm³/mol. The second-order valence-corrected chi connectivity index (χ2v) is 4.36. The molecule has 21 heavy (non-hydrogen) atoms. The first-order valence-corrected chi connectivity index (χ1v) is 6.70. The highest BCUT2D eigenvalue weighted by Gasteiger charge is 2.06. The zero-order valence-electron chi connectivity index (χ0n) is 11.6. The van der Waals surface area contributed by atoms with Crippen LogP contribution in [0, 0.1) is 11.8 Å². The van der Waals surface area contributed by atoms with Crippen LogP contribution in [0.2, 0.25) is 0 Å². The molecule has 6 heteroatoms. The number of nitrogens with one attached hydrogen (secondary N) is 2.